The van der Waals surface area contributed by atoms with Crippen molar-refractivity contribution in [3.8, 4) is 0 Å². The number of carbonyl (C=O) groups is 1. The standard InChI is InChI=1S/C17H21N3O5S3/c1-12-3-6-15(26-12)17(21)20-9-7-19(8-10-20)14-5-4-13(28(18,24)25)11-16(14)27(2,22)23/h3-6,11H,7-10H2,1-2H3,(H2,18,24,25). The highest BCUT2D eigenvalue weighted by Gasteiger charge is 2.27. The van der Waals surface area contributed by atoms with Gasteiger partial charge < -0.3 is 9.80 Å². The quantitative estimate of drug-likeness (QED) is 0.755. The Hall–Kier alpha value is -1.95. The lowest BCUT2D eigenvalue weighted by Gasteiger charge is -2.36. The molecule has 1 aliphatic heterocycles. The maximum atomic E-state index is 12.6. The first kappa shape index (κ1) is 20.8. The van der Waals surface area contributed by atoms with Gasteiger partial charge in [0, 0.05) is 37.3 Å². The van der Waals surface area contributed by atoms with E-state index < -0.39 is 19.9 Å². The molecular formula is C17H21N3O5S3. The van der Waals surface area contributed by atoms with Gasteiger partial charge in [-0.2, -0.15) is 0 Å². The Morgan fingerprint density at radius 1 is 1.04 bits per heavy atom. The first-order valence-corrected chi connectivity index (χ1v) is 12.7. The number of piperazine rings is 1. The van der Waals surface area contributed by atoms with Crippen molar-refractivity contribution in [2.75, 3.05) is 37.3 Å². The van der Waals surface area contributed by atoms with Gasteiger partial charge in [0.15, 0.2) is 9.84 Å². The van der Waals surface area contributed by atoms with Gasteiger partial charge >= 0.3 is 0 Å². The number of hydrogen-bond acceptors (Lipinski definition) is 7. The number of sulfonamides is 1. The lowest BCUT2D eigenvalue weighted by atomic mass is 10.2. The summed E-state index contributed by atoms with van der Waals surface area (Å²) in [4.78, 5) is 17.6. The lowest BCUT2D eigenvalue weighted by molar-refractivity contribution is 0.0751. The largest absolute Gasteiger partial charge is 0.367 e. The van der Waals surface area contributed by atoms with Gasteiger partial charge in [-0.3, -0.25) is 4.79 Å². The van der Waals surface area contributed by atoms with Crippen molar-refractivity contribution >= 4 is 42.8 Å². The molecule has 152 valence electrons. The molecule has 3 rings (SSSR count). The maximum absolute atomic E-state index is 12.6. The molecule has 28 heavy (non-hydrogen) atoms. The number of aryl methyl sites for hydroxylation is 1. The fourth-order valence-electron chi connectivity index (χ4n) is 3.09. The number of nitrogens with two attached hydrogens (primary N) is 1. The fourth-order valence-corrected chi connectivity index (χ4v) is 5.45. The van der Waals surface area contributed by atoms with Crippen molar-refractivity contribution in [2.24, 2.45) is 5.14 Å². The normalized spacial score (nSPS) is 15.7. The number of rotatable bonds is 4. The zero-order valence-electron chi connectivity index (χ0n) is 15.5. The average Bonchev–Trinajstić information content (AvgIpc) is 3.05. The molecule has 11 heteroatoms. The van der Waals surface area contributed by atoms with E-state index in [0.717, 1.165) is 17.2 Å². The van der Waals surface area contributed by atoms with Gasteiger partial charge in [-0.05, 0) is 37.3 Å². The van der Waals surface area contributed by atoms with E-state index >= 15 is 0 Å². The van der Waals surface area contributed by atoms with Crippen LogP contribution >= 0.6 is 11.3 Å². The smallest absolute Gasteiger partial charge is 0.264 e. The number of thiophene rings is 1. The van der Waals surface area contributed by atoms with Crippen molar-refractivity contribution in [1.82, 2.24) is 4.90 Å². The van der Waals surface area contributed by atoms with Crippen LogP contribution in [0.3, 0.4) is 0 Å². The second-order valence-corrected chi connectivity index (χ2v) is 11.5. The van der Waals surface area contributed by atoms with Crippen LogP contribution in [0.4, 0.5) is 5.69 Å². The SMILES string of the molecule is Cc1ccc(C(=O)N2CCN(c3ccc(S(N)(=O)=O)cc3S(C)(=O)=O)CC2)s1. The highest BCUT2D eigenvalue weighted by atomic mass is 32.2. The summed E-state index contributed by atoms with van der Waals surface area (Å²) in [7, 11) is -7.69. The third kappa shape index (κ3) is 4.37. The van der Waals surface area contributed by atoms with E-state index in [4.69, 9.17) is 5.14 Å². The molecule has 1 amide bonds. The Morgan fingerprint density at radius 2 is 1.68 bits per heavy atom. The highest BCUT2D eigenvalue weighted by Crippen LogP contribution is 2.29. The topological polar surface area (TPSA) is 118 Å². The van der Waals surface area contributed by atoms with E-state index in [1.807, 2.05) is 24.0 Å². The summed E-state index contributed by atoms with van der Waals surface area (Å²) in [6.07, 6.45) is 1.03. The molecule has 1 aliphatic rings. The molecular weight excluding hydrogens is 422 g/mol. The fraction of sp³-hybridized carbons (Fsp3) is 0.353. The molecule has 0 radical (unpaired) electrons. The first-order chi connectivity index (χ1) is 13.0. The summed E-state index contributed by atoms with van der Waals surface area (Å²) in [5.41, 5.74) is 0.411. The Bertz CT molecular complexity index is 1110. The summed E-state index contributed by atoms with van der Waals surface area (Å²) in [5.74, 6) is -0.0364. The van der Waals surface area contributed by atoms with Gasteiger partial charge in [-0.15, -0.1) is 11.3 Å². The maximum Gasteiger partial charge on any atom is 0.264 e. The number of anilines is 1. The van der Waals surface area contributed by atoms with E-state index in [1.165, 1.54) is 23.5 Å². The van der Waals surface area contributed by atoms with Crippen molar-refractivity contribution in [3.63, 3.8) is 0 Å². The second-order valence-electron chi connectivity index (χ2n) is 6.64. The van der Waals surface area contributed by atoms with Crippen LogP contribution in [0.15, 0.2) is 40.1 Å². The summed E-state index contributed by atoms with van der Waals surface area (Å²) < 4.78 is 47.6. The summed E-state index contributed by atoms with van der Waals surface area (Å²) in [6, 6.07) is 7.55. The average molecular weight is 444 g/mol. The number of benzene rings is 1. The molecule has 1 saturated heterocycles. The Kier molecular flexibility index (Phi) is 5.54. The summed E-state index contributed by atoms with van der Waals surface area (Å²) in [6.45, 7) is 3.70. The number of primary sulfonamides is 1. The molecule has 0 aliphatic carbocycles. The Balaban J connectivity index is 1.83. The van der Waals surface area contributed by atoms with Gasteiger partial charge in [0.05, 0.1) is 20.4 Å². The van der Waals surface area contributed by atoms with Crippen LogP contribution in [-0.2, 0) is 19.9 Å². The van der Waals surface area contributed by atoms with Crippen LogP contribution in [0.2, 0.25) is 0 Å². The van der Waals surface area contributed by atoms with Crippen LogP contribution in [0.1, 0.15) is 14.5 Å². The molecule has 0 saturated carbocycles. The highest BCUT2D eigenvalue weighted by molar-refractivity contribution is 7.91. The zero-order valence-corrected chi connectivity index (χ0v) is 17.9. The molecule has 0 bridgehead atoms. The molecule has 2 heterocycles. The van der Waals surface area contributed by atoms with Crippen molar-refractivity contribution in [1.29, 1.82) is 0 Å². The van der Waals surface area contributed by atoms with E-state index in [-0.39, 0.29) is 15.7 Å². The molecule has 1 aromatic heterocycles. The molecule has 2 aromatic rings. The predicted molar refractivity (Wildman–Crippen MR) is 108 cm³/mol. The molecule has 1 aromatic carbocycles. The number of sulfone groups is 1. The minimum Gasteiger partial charge on any atom is -0.367 e. The van der Waals surface area contributed by atoms with Gasteiger partial charge in [0.1, 0.15) is 0 Å². The molecule has 0 atom stereocenters. The van der Waals surface area contributed by atoms with E-state index in [1.54, 1.807) is 4.90 Å². The third-order valence-electron chi connectivity index (χ3n) is 4.52. The predicted octanol–water partition coefficient (Wildman–Crippen LogP) is 1.07. The lowest BCUT2D eigenvalue weighted by Crippen LogP contribution is -2.49. The van der Waals surface area contributed by atoms with Crippen molar-refractivity contribution in [3.05, 3.63) is 40.1 Å². The summed E-state index contributed by atoms with van der Waals surface area (Å²) in [5, 5.41) is 5.13. The van der Waals surface area contributed by atoms with Crippen LogP contribution in [0, 0.1) is 6.92 Å². The monoisotopic (exact) mass is 443 g/mol. The molecule has 0 spiro atoms. The Morgan fingerprint density at radius 3 is 2.18 bits per heavy atom. The first-order valence-electron chi connectivity index (χ1n) is 8.44. The van der Waals surface area contributed by atoms with Crippen LogP contribution in [0.5, 0.6) is 0 Å². The van der Waals surface area contributed by atoms with E-state index in [9.17, 15) is 21.6 Å². The number of amides is 1. The van der Waals surface area contributed by atoms with E-state index in [2.05, 4.69) is 0 Å². The van der Waals surface area contributed by atoms with Gasteiger partial charge in [-0.25, -0.2) is 22.0 Å². The van der Waals surface area contributed by atoms with Gasteiger partial charge in [0.25, 0.3) is 5.91 Å². The molecule has 8 nitrogen and oxygen atoms in total. The van der Waals surface area contributed by atoms with Crippen LogP contribution in [-0.4, -0.2) is 60.1 Å². The minimum atomic E-state index is -4.02. The van der Waals surface area contributed by atoms with Gasteiger partial charge in [0.2, 0.25) is 10.0 Å². The zero-order chi connectivity index (χ0) is 20.7. The second kappa shape index (κ2) is 7.47. The third-order valence-corrected chi connectivity index (χ3v) is 7.54. The van der Waals surface area contributed by atoms with Crippen LogP contribution in [0.25, 0.3) is 0 Å². The number of carbonyl (C=O) groups excluding carboxylic acids is 1. The molecule has 2 N–H and O–H groups in total. The number of nitrogens with zero attached hydrogens (tertiary/aromatic N) is 2. The summed E-state index contributed by atoms with van der Waals surface area (Å²) >= 11 is 1.44. The Labute approximate surface area is 168 Å². The van der Waals surface area contributed by atoms with Crippen molar-refractivity contribution in [2.45, 2.75) is 16.7 Å². The molecule has 0 unspecified atom stereocenters. The number of hydrogen-bond donors (Lipinski definition) is 1. The van der Waals surface area contributed by atoms with Crippen molar-refractivity contribution < 1.29 is 21.6 Å². The van der Waals surface area contributed by atoms with E-state index in [0.29, 0.717) is 36.7 Å². The van der Waals surface area contributed by atoms with Gasteiger partial charge in [-0.1, -0.05) is 0 Å². The van der Waals surface area contributed by atoms with Crippen LogP contribution < -0.4 is 10.0 Å². The molecule has 1 fully saturated rings. The minimum absolute atomic E-state index is 0.0364.